The van der Waals surface area contributed by atoms with E-state index in [1.165, 1.54) is 35.6 Å². The fourth-order valence-corrected chi connectivity index (χ4v) is 3.39. The number of nitrogens with zero attached hydrogens (tertiary/aromatic N) is 1. The number of thiazole rings is 1. The van der Waals surface area contributed by atoms with Gasteiger partial charge in [0.2, 0.25) is 10.0 Å². The highest BCUT2D eigenvalue weighted by Crippen LogP contribution is 2.28. The second-order valence-electron chi connectivity index (χ2n) is 5.04. The maximum absolute atomic E-state index is 12.0. The van der Waals surface area contributed by atoms with Crippen molar-refractivity contribution in [3.63, 3.8) is 0 Å². The fraction of sp³-hybridized carbons (Fsp3) is 0. The SMILES string of the molecule is NS(=O)(=O)c1ccc(NC(=O)Nc2ncc(-c3ccccc3)s2)cc1. The van der Waals surface area contributed by atoms with Crippen molar-refractivity contribution in [2.24, 2.45) is 5.14 Å². The van der Waals surface area contributed by atoms with E-state index in [4.69, 9.17) is 5.14 Å². The summed E-state index contributed by atoms with van der Waals surface area (Å²) in [6, 6.07) is 14.8. The minimum atomic E-state index is -3.76. The Labute approximate surface area is 148 Å². The van der Waals surface area contributed by atoms with Gasteiger partial charge in [0, 0.05) is 11.9 Å². The molecule has 3 rings (SSSR count). The maximum atomic E-state index is 12.0. The molecule has 0 atom stereocenters. The van der Waals surface area contributed by atoms with Crippen LogP contribution in [0.3, 0.4) is 0 Å². The lowest BCUT2D eigenvalue weighted by atomic mass is 10.2. The highest BCUT2D eigenvalue weighted by Gasteiger charge is 2.10. The summed E-state index contributed by atoms with van der Waals surface area (Å²) in [7, 11) is -3.76. The predicted octanol–water partition coefficient (Wildman–Crippen LogP) is 3.10. The molecule has 0 fully saturated rings. The first-order valence-corrected chi connectivity index (χ1v) is 9.50. The molecule has 3 aromatic rings. The lowest BCUT2D eigenvalue weighted by Gasteiger charge is -2.06. The first-order valence-electron chi connectivity index (χ1n) is 7.14. The number of benzene rings is 2. The molecule has 2 aromatic carbocycles. The first kappa shape index (κ1) is 17.1. The van der Waals surface area contributed by atoms with Crippen LogP contribution in [0, 0.1) is 0 Å². The zero-order valence-electron chi connectivity index (χ0n) is 12.8. The van der Waals surface area contributed by atoms with Gasteiger partial charge >= 0.3 is 6.03 Å². The molecule has 1 aromatic heterocycles. The maximum Gasteiger partial charge on any atom is 0.325 e. The standard InChI is InChI=1S/C16H14N4O3S2/c17-25(22,23)13-8-6-12(7-9-13)19-15(21)20-16-18-10-14(24-16)11-4-2-1-3-5-11/h1-10H,(H2,17,22,23)(H2,18,19,20,21). The van der Waals surface area contributed by atoms with Crippen LogP contribution in [0.4, 0.5) is 15.6 Å². The van der Waals surface area contributed by atoms with Crippen LogP contribution in [0.2, 0.25) is 0 Å². The van der Waals surface area contributed by atoms with E-state index in [-0.39, 0.29) is 4.90 Å². The molecule has 128 valence electrons. The number of nitrogens with two attached hydrogens (primary N) is 1. The predicted molar refractivity (Wildman–Crippen MR) is 98.0 cm³/mol. The van der Waals surface area contributed by atoms with Crippen molar-refractivity contribution in [2.75, 3.05) is 10.6 Å². The Morgan fingerprint density at radius 2 is 1.68 bits per heavy atom. The lowest BCUT2D eigenvalue weighted by Crippen LogP contribution is -2.19. The summed E-state index contributed by atoms with van der Waals surface area (Å²) in [5.74, 6) is 0. The molecule has 25 heavy (non-hydrogen) atoms. The molecule has 4 N–H and O–H groups in total. The van der Waals surface area contributed by atoms with Crippen molar-refractivity contribution in [2.45, 2.75) is 4.90 Å². The molecule has 0 aliphatic heterocycles. The third-order valence-electron chi connectivity index (χ3n) is 3.23. The molecule has 0 unspecified atom stereocenters. The number of nitrogens with one attached hydrogen (secondary N) is 2. The molecule has 0 aliphatic rings. The molecule has 0 saturated heterocycles. The van der Waals surface area contributed by atoms with Gasteiger partial charge in [-0.2, -0.15) is 0 Å². The van der Waals surface area contributed by atoms with Gasteiger partial charge in [0.05, 0.1) is 9.77 Å². The number of hydrogen-bond acceptors (Lipinski definition) is 5. The van der Waals surface area contributed by atoms with Gasteiger partial charge in [0.25, 0.3) is 0 Å². The number of rotatable bonds is 4. The number of urea groups is 1. The van der Waals surface area contributed by atoms with Crippen LogP contribution in [0.25, 0.3) is 10.4 Å². The van der Waals surface area contributed by atoms with Gasteiger partial charge < -0.3 is 5.32 Å². The third-order valence-corrected chi connectivity index (χ3v) is 5.12. The van der Waals surface area contributed by atoms with E-state index in [0.717, 1.165) is 10.4 Å². The number of anilines is 2. The monoisotopic (exact) mass is 374 g/mol. The highest BCUT2D eigenvalue weighted by atomic mass is 32.2. The van der Waals surface area contributed by atoms with Gasteiger partial charge in [-0.15, -0.1) is 0 Å². The van der Waals surface area contributed by atoms with Crippen molar-refractivity contribution < 1.29 is 13.2 Å². The molecule has 0 aliphatic carbocycles. The Morgan fingerprint density at radius 1 is 1.00 bits per heavy atom. The van der Waals surface area contributed by atoms with E-state index in [0.29, 0.717) is 10.8 Å². The van der Waals surface area contributed by atoms with Gasteiger partial charge in [-0.1, -0.05) is 41.7 Å². The topological polar surface area (TPSA) is 114 Å². The summed E-state index contributed by atoms with van der Waals surface area (Å²) in [6.45, 7) is 0. The Balaban J connectivity index is 1.64. The van der Waals surface area contributed by atoms with Crippen LogP contribution < -0.4 is 15.8 Å². The van der Waals surface area contributed by atoms with E-state index in [1.54, 1.807) is 6.20 Å². The molecular weight excluding hydrogens is 360 g/mol. The lowest BCUT2D eigenvalue weighted by molar-refractivity contribution is 0.262. The van der Waals surface area contributed by atoms with E-state index in [2.05, 4.69) is 15.6 Å². The van der Waals surface area contributed by atoms with Crippen molar-refractivity contribution in [1.82, 2.24) is 4.98 Å². The average Bonchev–Trinajstić information content (AvgIpc) is 3.03. The fourth-order valence-electron chi connectivity index (χ4n) is 2.06. The molecule has 0 spiro atoms. The summed E-state index contributed by atoms with van der Waals surface area (Å²) in [6.07, 6.45) is 1.69. The van der Waals surface area contributed by atoms with E-state index < -0.39 is 16.1 Å². The molecule has 9 heteroatoms. The number of carbonyl (C=O) groups is 1. The van der Waals surface area contributed by atoms with Crippen LogP contribution in [-0.4, -0.2) is 19.4 Å². The second kappa shape index (κ2) is 7.01. The molecule has 1 heterocycles. The summed E-state index contributed by atoms with van der Waals surface area (Å²) in [4.78, 5) is 17.1. The van der Waals surface area contributed by atoms with Crippen molar-refractivity contribution in [3.05, 3.63) is 60.8 Å². The van der Waals surface area contributed by atoms with Crippen molar-refractivity contribution >= 4 is 38.2 Å². The molecule has 0 bridgehead atoms. The van der Waals surface area contributed by atoms with Gasteiger partial charge in [0.1, 0.15) is 0 Å². The van der Waals surface area contributed by atoms with Gasteiger partial charge in [-0.25, -0.2) is 23.3 Å². The smallest absolute Gasteiger partial charge is 0.308 e. The number of primary sulfonamides is 1. The Kier molecular flexibility index (Phi) is 4.79. The Hall–Kier alpha value is -2.75. The highest BCUT2D eigenvalue weighted by molar-refractivity contribution is 7.89. The number of sulfonamides is 1. The number of amides is 2. The zero-order valence-corrected chi connectivity index (χ0v) is 14.5. The number of hydrogen-bond donors (Lipinski definition) is 3. The van der Waals surface area contributed by atoms with Crippen molar-refractivity contribution in [1.29, 1.82) is 0 Å². The minimum absolute atomic E-state index is 0.0223. The average molecular weight is 374 g/mol. The zero-order chi connectivity index (χ0) is 17.9. The Bertz CT molecular complexity index is 984. The largest absolute Gasteiger partial charge is 0.325 e. The molecule has 7 nitrogen and oxygen atoms in total. The number of carbonyl (C=O) groups excluding carboxylic acids is 1. The van der Waals surface area contributed by atoms with Crippen LogP contribution in [0.1, 0.15) is 0 Å². The van der Waals surface area contributed by atoms with Gasteiger partial charge in [-0.3, -0.25) is 5.32 Å². The van der Waals surface area contributed by atoms with Crippen LogP contribution >= 0.6 is 11.3 Å². The van der Waals surface area contributed by atoms with E-state index in [9.17, 15) is 13.2 Å². The van der Waals surface area contributed by atoms with Crippen molar-refractivity contribution in [3.8, 4) is 10.4 Å². The summed E-state index contributed by atoms with van der Waals surface area (Å²) in [5, 5.41) is 10.7. The van der Waals surface area contributed by atoms with Crippen LogP contribution in [-0.2, 0) is 10.0 Å². The summed E-state index contributed by atoms with van der Waals surface area (Å²) in [5.41, 5.74) is 1.46. The van der Waals surface area contributed by atoms with E-state index in [1.807, 2.05) is 30.3 Å². The summed E-state index contributed by atoms with van der Waals surface area (Å²) >= 11 is 1.35. The van der Waals surface area contributed by atoms with Crippen LogP contribution in [0.5, 0.6) is 0 Å². The normalized spacial score (nSPS) is 11.1. The quantitative estimate of drug-likeness (QED) is 0.651. The third kappa shape index (κ3) is 4.41. The van der Waals surface area contributed by atoms with Gasteiger partial charge in [-0.05, 0) is 29.8 Å². The molecule has 0 saturated carbocycles. The number of aromatic nitrogens is 1. The molecule has 0 radical (unpaired) electrons. The van der Waals surface area contributed by atoms with Crippen LogP contribution in [0.15, 0.2) is 65.7 Å². The molecular formula is C16H14N4O3S2. The minimum Gasteiger partial charge on any atom is -0.308 e. The molecule has 2 amide bonds. The van der Waals surface area contributed by atoms with E-state index >= 15 is 0 Å². The van der Waals surface area contributed by atoms with Gasteiger partial charge in [0.15, 0.2) is 5.13 Å². The first-order chi connectivity index (χ1) is 11.9. The summed E-state index contributed by atoms with van der Waals surface area (Å²) < 4.78 is 22.4. The Morgan fingerprint density at radius 3 is 2.32 bits per heavy atom. The second-order valence-corrected chi connectivity index (χ2v) is 7.64.